The Hall–Kier alpha value is -0.0800. The standard InChI is InChI=1S/2C4H10O/c1-3-5-4-2;1-2-3-4-5/h3-4H2,1-2H3;5H,2-4H2,1H3. The molecular formula is C8H20O2. The Kier molecular flexibility index (Phi) is 20.1. The fourth-order valence-corrected chi connectivity index (χ4v) is 0.362. The quantitative estimate of drug-likeness (QED) is 0.659. The van der Waals surface area contributed by atoms with Crippen LogP contribution in [0, 0.1) is 0 Å². The molecule has 0 saturated carbocycles. The first-order valence-corrected chi connectivity index (χ1v) is 4.01. The summed E-state index contributed by atoms with van der Waals surface area (Å²) in [5.74, 6) is 0. The van der Waals surface area contributed by atoms with Gasteiger partial charge in [-0.2, -0.15) is 0 Å². The molecule has 0 aliphatic heterocycles. The van der Waals surface area contributed by atoms with Gasteiger partial charge in [0, 0.05) is 19.8 Å². The molecule has 0 aromatic rings. The van der Waals surface area contributed by atoms with E-state index in [4.69, 9.17) is 9.84 Å². The number of rotatable bonds is 4. The molecule has 10 heavy (non-hydrogen) atoms. The van der Waals surface area contributed by atoms with Gasteiger partial charge in [-0.1, -0.05) is 13.3 Å². The van der Waals surface area contributed by atoms with Gasteiger partial charge in [0.25, 0.3) is 0 Å². The smallest absolute Gasteiger partial charge is 0.0437 e. The molecule has 0 aromatic carbocycles. The lowest BCUT2D eigenvalue weighted by atomic mass is 10.4. The highest BCUT2D eigenvalue weighted by Gasteiger charge is 1.69. The summed E-state index contributed by atoms with van der Waals surface area (Å²) in [6.45, 7) is 8.06. The van der Waals surface area contributed by atoms with Gasteiger partial charge in [0.1, 0.15) is 0 Å². The van der Waals surface area contributed by atoms with Crippen LogP contribution in [0.4, 0.5) is 0 Å². The van der Waals surface area contributed by atoms with Gasteiger partial charge < -0.3 is 9.84 Å². The lowest BCUT2D eigenvalue weighted by Gasteiger charge is -1.86. The van der Waals surface area contributed by atoms with E-state index in [0.717, 1.165) is 26.1 Å². The van der Waals surface area contributed by atoms with E-state index in [1.54, 1.807) is 0 Å². The van der Waals surface area contributed by atoms with Crippen LogP contribution in [-0.4, -0.2) is 24.9 Å². The summed E-state index contributed by atoms with van der Waals surface area (Å²) < 4.78 is 4.83. The number of hydrogen-bond acceptors (Lipinski definition) is 2. The van der Waals surface area contributed by atoms with Crippen molar-refractivity contribution in [3.63, 3.8) is 0 Å². The maximum absolute atomic E-state index is 8.07. The zero-order valence-corrected chi connectivity index (χ0v) is 7.39. The second kappa shape index (κ2) is 16.0. The second-order valence-corrected chi connectivity index (χ2v) is 1.86. The van der Waals surface area contributed by atoms with Crippen molar-refractivity contribution in [1.29, 1.82) is 0 Å². The van der Waals surface area contributed by atoms with Crippen LogP contribution >= 0.6 is 0 Å². The number of aliphatic hydroxyl groups is 1. The van der Waals surface area contributed by atoms with Crippen molar-refractivity contribution in [1.82, 2.24) is 0 Å². The van der Waals surface area contributed by atoms with E-state index in [-0.39, 0.29) is 0 Å². The molecule has 0 spiro atoms. The van der Waals surface area contributed by atoms with Crippen molar-refractivity contribution < 1.29 is 9.84 Å². The van der Waals surface area contributed by atoms with Crippen LogP contribution in [0.5, 0.6) is 0 Å². The van der Waals surface area contributed by atoms with Crippen molar-refractivity contribution in [3.05, 3.63) is 0 Å². The van der Waals surface area contributed by atoms with Crippen molar-refractivity contribution in [2.75, 3.05) is 19.8 Å². The average Bonchev–Trinajstić information content (AvgIpc) is 1.93. The Bertz CT molecular complexity index is 28.2. The predicted molar refractivity (Wildman–Crippen MR) is 44.2 cm³/mol. The monoisotopic (exact) mass is 148 g/mol. The molecule has 0 atom stereocenters. The molecule has 0 saturated heterocycles. The molecule has 0 aliphatic rings. The summed E-state index contributed by atoms with van der Waals surface area (Å²) in [6.07, 6.45) is 2.04. The van der Waals surface area contributed by atoms with Gasteiger partial charge in [-0.3, -0.25) is 0 Å². The Labute approximate surface area is 64.2 Å². The van der Waals surface area contributed by atoms with Crippen molar-refractivity contribution in [2.24, 2.45) is 0 Å². The van der Waals surface area contributed by atoms with Gasteiger partial charge in [-0.05, 0) is 20.3 Å². The van der Waals surface area contributed by atoms with Crippen LogP contribution in [0.3, 0.4) is 0 Å². The topological polar surface area (TPSA) is 29.5 Å². The fourth-order valence-electron chi connectivity index (χ4n) is 0.362. The summed E-state index contributed by atoms with van der Waals surface area (Å²) in [5, 5.41) is 8.07. The van der Waals surface area contributed by atoms with Gasteiger partial charge in [0.2, 0.25) is 0 Å². The number of hydrogen-bond donors (Lipinski definition) is 1. The van der Waals surface area contributed by atoms with Crippen LogP contribution in [0.25, 0.3) is 0 Å². The first kappa shape index (κ1) is 12.6. The van der Waals surface area contributed by atoms with Crippen LogP contribution in [0.15, 0.2) is 0 Å². The molecule has 0 bridgehead atoms. The number of aliphatic hydroxyl groups excluding tert-OH is 1. The minimum Gasteiger partial charge on any atom is -0.396 e. The number of ether oxygens (including phenoxy) is 1. The van der Waals surface area contributed by atoms with Gasteiger partial charge in [-0.25, -0.2) is 0 Å². The molecule has 1 N–H and O–H groups in total. The molecule has 0 amide bonds. The lowest BCUT2D eigenvalue weighted by molar-refractivity contribution is 0.162. The van der Waals surface area contributed by atoms with E-state index in [1.807, 2.05) is 13.8 Å². The van der Waals surface area contributed by atoms with Crippen LogP contribution in [0.2, 0.25) is 0 Å². The maximum Gasteiger partial charge on any atom is 0.0437 e. The Morgan fingerprint density at radius 2 is 1.60 bits per heavy atom. The summed E-state index contributed by atoms with van der Waals surface area (Å²) in [7, 11) is 0. The predicted octanol–water partition coefficient (Wildman–Crippen LogP) is 1.82. The average molecular weight is 148 g/mol. The molecule has 0 heterocycles. The Morgan fingerprint density at radius 1 is 1.10 bits per heavy atom. The molecule has 64 valence electrons. The highest BCUT2D eigenvalue weighted by atomic mass is 16.5. The molecule has 0 aliphatic carbocycles. The summed E-state index contributed by atoms with van der Waals surface area (Å²) >= 11 is 0. The minimum atomic E-state index is 0.344. The van der Waals surface area contributed by atoms with E-state index < -0.39 is 0 Å². The van der Waals surface area contributed by atoms with E-state index >= 15 is 0 Å². The van der Waals surface area contributed by atoms with Gasteiger partial charge in [-0.15, -0.1) is 0 Å². The molecule has 2 nitrogen and oxygen atoms in total. The zero-order chi connectivity index (χ0) is 8.24. The third-order valence-corrected chi connectivity index (χ3v) is 0.920. The molecule has 0 radical (unpaired) electrons. The van der Waals surface area contributed by atoms with Crippen molar-refractivity contribution >= 4 is 0 Å². The maximum atomic E-state index is 8.07. The molecule has 0 rings (SSSR count). The van der Waals surface area contributed by atoms with Gasteiger partial charge >= 0.3 is 0 Å². The lowest BCUT2D eigenvalue weighted by Crippen LogP contribution is -1.84. The van der Waals surface area contributed by atoms with E-state index in [0.29, 0.717) is 6.61 Å². The van der Waals surface area contributed by atoms with Gasteiger partial charge in [0.05, 0.1) is 0 Å². The molecule has 0 aromatic heterocycles. The first-order valence-electron chi connectivity index (χ1n) is 4.01. The molecule has 0 fully saturated rings. The van der Waals surface area contributed by atoms with E-state index in [9.17, 15) is 0 Å². The van der Waals surface area contributed by atoms with Gasteiger partial charge in [0.15, 0.2) is 0 Å². The second-order valence-electron chi connectivity index (χ2n) is 1.86. The van der Waals surface area contributed by atoms with Crippen LogP contribution in [0.1, 0.15) is 33.6 Å². The van der Waals surface area contributed by atoms with Crippen LogP contribution in [-0.2, 0) is 4.74 Å². The fraction of sp³-hybridized carbons (Fsp3) is 1.00. The van der Waals surface area contributed by atoms with E-state index in [2.05, 4.69) is 6.92 Å². The summed E-state index contributed by atoms with van der Waals surface area (Å²) in [4.78, 5) is 0. The third-order valence-electron chi connectivity index (χ3n) is 0.920. The summed E-state index contributed by atoms with van der Waals surface area (Å²) in [6, 6.07) is 0. The third kappa shape index (κ3) is 24.7. The van der Waals surface area contributed by atoms with Crippen molar-refractivity contribution in [3.8, 4) is 0 Å². The minimum absolute atomic E-state index is 0.344. The molecular weight excluding hydrogens is 128 g/mol. The number of unbranched alkanes of at least 4 members (excludes halogenated alkanes) is 1. The zero-order valence-electron chi connectivity index (χ0n) is 7.39. The highest BCUT2D eigenvalue weighted by molar-refractivity contribution is 4.23. The largest absolute Gasteiger partial charge is 0.396 e. The normalized spacial score (nSPS) is 8.40. The molecule has 2 heteroatoms. The van der Waals surface area contributed by atoms with Crippen molar-refractivity contribution in [2.45, 2.75) is 33.6 Å². The SMILES string of the molecule is CCCCO.CCOCC. The Balaban J connectivity index is 0. The first-order chi connectivity index (χ1) is 4.83. The Morgan fingerprint density at radius 3 is 1.60 bits per heavy atom. The van der Waals surface area contributed by atoms with E-state index in [1.165, 1.54) is 0 Å². The molecule has 0 unspecified atom stereocenters. The highest BCUT2D eigenvalue weighted by Crippen LogP contribution is 1.78. The summed E-state index contributed by atoms with van der Waals surface area (Å²) in [5.41, 5.74) is 0. The van der Waals surface area contributed by atoms with Crippen LogP contribution < -0.4 is 0 Å².